The van der Waals surface area contributed by atoms with Gasteiger partial charge in [-0.15, -0.1) is 11.6 Å². The lowest BCUT2D eigenvalue weighted by Crippen LogP contribution is -2.34. The van der Waals surface area contributed by atoms with E-state index in [1.54, 1.807) is 0 Å². The third-order valence-corrected chi connectivity index (χ3v) is 7.09. The molecule has 1 saturated carbocycles. The lowest BCUT2D eigenvalue weighted by molar-refractivity contribution is -0.120. The third kappa shape index (κ3) is 3.98. The largest absolute Gasteiger partial charge is 0.369 e. The van der Waals surface area contributed by atoms with Gasteiger partial charge in [-0.2, -0.15) is 0 Å². The van der Waals surface area contributed by atoms with E-state index in [9.17, 15) is 18.4 Å². The molecule has 4 nitrogen and oxygen atoms in total. The zero-order valence-corrected chi connectivity index (χ0v) is 19.4. The highest BCUT2D eigenvalue weighted by Gasteiger charge is 2.81. The van der Waals surface area contributed by atoms with Crippen LogP contribution in [0, 0.1) is 11.6 Å². The quantitative estimate of drug-likeness (QED) is 0.376. The second kappa shape index (κ2) is 8.91. The molecule has 31 heavy (non-hydrogen) atoms. The number of rotatable bonds is 7. The van der Waals surface area contributed by atoms with E-state index in [0.29, 0.717) is 17.9 Å². The Morgan fingerprint density at radius 1 is 1.10 bits per heavy atom. The molecular weight excluding hydrogens is 515 g/mol. The molecule has 0 bridgehead atoms. The molecule has 1 aliphatic rings. The summed E-state index contributed by atoms with van der Waals surface area (Å²) in [5, 5.41) is 1.88. The number of halogens is 7. The van der Waals surface area contributed by atoms with Gasteiger partial charge in [0.2, 0.25) is 5.91 Å². The lowest BCUT2D eigenvalue weighted by atomic mass is 9.88. The number of nitrogens with one attached hydrogen (secondary N) is 1. The summed E-state index contributed by atoms with van der Waals surface area (Å²) in [5.74, 6) is -4.00. The molecule has 2 aromatic carbocycles. The van der Waals surface area contributed by atoms with Crippen LogP contribution in [0.4, 0.5) is 8.78 Å². The minimum Gasteiger partial charge on any atom is -0.369 e. The average Bonchev–Trinajstić information content (AvgIpc) is 3.23. The fourth-order valence-electron chi connectivity index (χ4n) is 3.71. The van der Waals surface area contributed by atoms with E-state index in [0.717, 1.165) is 18.2 Å². The smallest absolute Gasteiger partial charge is 0.254 e. The fourth-order valence-corrected chi connectivity index (χ4v) is 5.34. The summed E-state index contributed by atoms with van der Waals surface area (Å²) >= 11 is 30.4. The Morgan fingerprint density at radius 2 is 1.77 bits per heavy atom. The van der Waals surface area contributed by atoms with E-state index >= 15 is 0 Å². The number of primary amides is 1. The summed E-state index contributed by atoms with van der Waals surface area (Å²) < 4.78 is 26.4. The molecule has 0 radical (unpaired) electrons. The van der Waals surface area contributed by atoms with Crippen molar-refractivity contribution in [2.24, 2.45) is 5.73 Å². The van der Waals surface area contributed by atoms with E-state index in [4.69, 9.17) is 63.7 Å². The summed E-state index contributed by atoms with van der Waals surface area (Å²) in [4.78, 5) is 25.1. The first-order chi connectivity index (χ1) is 14.5. The van der Waals surface area contributed by atoms with Gasteiger partial charge in [-0.1, -0.05) is 52.5 Å². The van der Waals surface area contributed by atoms with Gasteiger partial charge in [-0.05, 0) is 41.8 Å². The van der Waals surface area contributed by atoms with Gasteiger partial charge in [-0.25, -0.2) is 8.78 Å². The van der Waals surface area contributed by atoms with Crippen molar-refractivity contribution in [3.63, 3.8) is 0 Å². The highest BCUT2D eigenvalue weighted by molar-refractivity contribution is 6.55. The average molecular weight is 531 g/mol. The topological polar surface area (TPSA) is 72.2 Å². The van der Waals surface area contributed by atoms with Crippen LogP contribution in [0.1, 0.15) is 33.8 Å². The Morgan fingerprint density at radius 3 is 2.35 bits per heavy atom. The van der Waals surface area contributed by atoms with Crippen LogP contribution in [-0.4, -0.2) is 28.6 Å². The number of alkyl halides is 3. The molecule has 1 aliphatic carbocycles. The molecule has 166 valence electrons. The van der Waals surface area contributed by atoms with Crippen LogP contribution in [0.2, 0.25) is 10.0 Å². The Balaban J connectivity index is 2.12. The van der Waals surface area contributed by atoms with Gasteiger partial charge in [0.1, 0.15) is 15.6 Å². The van der Waals surface area contributed by atoms with Crippen molar-refractivity contribution >= 4 is 69.8 Å². The molecule has 1 fully saturated rings. The zero-order chi connectivity index (χ0) is 23.1. The van der Waals surface area contributed by atoms with Crippen LogP contribution in [0.15, 0.2) is 30.3 Å². The standard InChI is InChI=1S/C20H15Cl5F2N2O2/c21-4-1-5-29-17(30)11-7-10(8-13(23)15(11)27)19(18(28)31)16(20(19,24)25)9-2-3-14(26)12(22)6-9/h2-3,6-8,16H,1,4-5H2,(H2,28,31)(H,29,30). The van der Waals surface area contributed by atoms with E-state index in [2.05, 4.69) is 5.32 Å². The van der Waals surface area contributed by atoms with Crippen molar-refractivity contribution in [2.75, 3.05) is 12.4 Å². The maximum Gasteiger partial charge on any atom is 0.254 e. The molecule has 0 saturated heterocycles. The maximum absolute atomic E-state index is 14.6. The number of amides is 2. The number of carbonyl (C=O) groups is 2. The molecule has 3 rings (SSSR count). The summed E-state index contributed by atoms with van der Waals surface area (Å²) in [6.07, 6.45) is 0.466. The zero-order valence-electron chi connectivity index (χ0n) is 15.6. The predicted molar refractivity (Wildman–Crippen MR) is 119 cm³/mol. The summed E-state index contributed by atoms with van der Waals surface area (Å²) in [5.41, 5.74) is 3.89. The Bertz CT molecular complexity index is 1070. The normalized spacial score (nSPS) is 21.6. The number of carbonyl (C=O) groups excluding carboxylic acids is 2. The van der Waals surface area contributed by atoms with E-state index in [1.807, 2.05) is 0 Å². The highest BCUT2D eigenvalue weighted by Crippen LogP contribution is 2.74. The maximum atomic E-state index is 14.6. The number of hydrogen-bond donors (Lipinski definition) is 2. The summed E-state index contributed by atoms with van der Waals surface area (Å²) in [6.45, 7) is 0.205. The van der Waals surface area contributed by atoms with Crippen molar-refractivity contribution in [2.45, 2.75) is 22.1 Å². The molecule has 0 aromatic heterocycles. The summed E-state index contributed by atoms with van der Waals surface area (Å²) in [6, 6.07) is 6.01. The fraction of sp³-hybridized carbons (Fsp3) is 0.300. The SMILES string of the molecule is NC(=O)C1(c2cc(Cl)c(F)c(C(=O)NCCCCl)c2)C(c2ccc(F)c(Cl)c2)C1(Cl)Cl. The molecule has 0 heterocycles. The molecule has 2 unspecified atom stereocenters. The van der Waals surface area contributed by atoms with Gasteiger partial charge < -0.3 is 11.1 Å². The van der Waals surface area contributed by atoms with Gasteiger partial charge in [0, 0.05) is 18.3 Å². The first kappa shape index (κ1) is 24.3. The van der Waals surface area contributed by atoms with Gasteiger partial charge >= 0.3 is 0 Å². The van der Waals surface area contributed by atoms with E-state index < -0.39 is 49.7 Å². The van der Waals surface area contributed by atoms with Crippen LogP contribution >= 0.6 is 58.0 Å². The third-order valence-electron chi connectivity index (χ3n) is 5.23. The second-order valence-electron chi connectivity index (χ2n) is 7.02. The molecule has 0 aliphatic heterocycles. The molecule has 11 heteroatoms. The minimum atomic E-state index is -1.78. The highest BCUT2D eigenvalue weighted by atomic mass is 35.5. The molecule has 0 spiro atoms. The first-order valence-electron chi connectivity index (χ1n) is 8.96. The molecule has 2 amide bonds. The Labute approximate surface area is 201 Å². The van der Waals surface area contributed by atoms with Gasteiger partial charge in [0.15, 0.2) is 5.82 Å². The van der Waals surface area contributed by atoms with Crippen molar-refractivity contribution in [1.82, 2.24) is 5.32 Å². The van der Waals surface area contributed by atoms with E-state index in [1.165, 1.54) is 12.1 Å². The van der Waals surface area contributed by atoms with Gasteiger partial charge in [-0.3, -0.25) is 9.59 Å². The Kier molecular flexibility index (Phi) is 6.99. The second-order valence-corrected chi connectivity index (χ2v) is 9.60. The first-order valence-corrected chi connectivity index (χ1v) is 11.0. The van der Waals surface area contributed by atoms with Crippen LogP contribution < -0.4 is 11.1 Å². The van der Waals surface area contributed by atoms with Crippen molar-refractivity contribution < 1.29 is 18.4 Å². The molecule has 2 aromatic rings. The van der Waals surface area contributed by atoms with Gasteiger partial charge in [0.05, 0.1) is 15.6 Å². The number of hydrogen-bond acceptors (Lipinski definition) is 2. The predicted octanol–water partition coefficient (Wildman–Crippen LogP) is 5.32. The molecule has 2 atom stereocenters. The van der Waals surface area contributed by atoms with Crippen LogP contribution in [-0.2, 0) is 10.2 Å². The number of nitrogens with two attached hydrogens (primary N) is 1. The van der Waals surface area contributed by atoms with Crippen LogP contribution in [0.3, 0.4) is 0 Å². The van der Waals surface area contributed by atoms with Crippen molar-refractivity contribution in [3.05, 3.63) is 68.7 Å². The van der Waals surface area contributed by atoms with Crippen LogP contribution in [0.5, 0.6) is 0 Å². The Hall–Kier alpha value is -1.31. The van der Waals surface area contributed by atoms with Crippen LogP contribution in [0.25, 0.3) is 0 Å². The molecular formula is C20H15Cl5F2N2O2. The summed E-state index contributed by atoms with van der Waals surface area (Å²) in [7, 11) is 0. The van der Waals surface area contributed by atoms with Gasteiger partial charge in [0.25, 0.3) is 5.91 Å². The van der Waals surface area contributed by atoms with E-state index in [-0.39, 0.29) is 17.1 Å². The van der Waals surface area contributed by atoms with Crippen molar-refractivity contribution in [1.29, 1.82) is 0 Å². The monoisotopic (exact) mass is 528 g/mol. The minimum absolute atomic E-state index is 0.0457. The molecule has 3 N–H and O–H groups in total. The van der Waals surface area contributed by atoms with Crippen molar-refractivity contribution in [3.8, 4) is 0 Å². The number of benzene rings is 2. The lowest BCUT2D eigenvalue weighted by Gasteiger charge is -2.18.